The van der Waals surface area contributed by atoms with Gasteiger partial charge in [-0.05, 0) is 70.1 Å². The van der Waals surface area contributed by atoms with E-state index in [0.29, 0.717) is 37.0 Å². The minimum absolute atomic E-state index is 0.119. The van der Waals surface area contributed by atoms with Crippen LogP contribution in [0.1, 0.15) is 58.3 Å². The first-order valence-corrected chi connectivity index (χ1v) is 9.15. The molecule has 2 atom stereocenters. The zero-order valence-corrected chi connectivity index (χ0v) is 14.6. The highest BCUT2D eigenvalue weighted by Crippen LogP contribution is 2.61. The van der Waals surface area contributed by atoms with Crippen molar-refractivity contribution in [3.05, 3.63) is 12.2 Å². The third kappa shape index (κ3) is 3.51. The molecule has 0 aromatic heterocycles. The smallest absolute Gasteiger partial charge is 0.333 e. The van der Waals surface area contributed by atoms with E-state index >= 15 is 0 Å². The van der Waals surface area contributed by atoms with E-state index in [1.165, 1.54) is 6.42 Å². The van der Waals surface area contributed by atoms with Crippen LogP contribution in [0.2, 0.25) is 0 Å². The number of unbranched alkanes of at least 4 members (excludes halogenated alkanes) is 1. The maximum atomic E-state index is 12.7. The van der Waals surface area contributed by atoms with E-state index in [2.05, 4.69) is 11.9 Å². The quantitative estimate of drug-likeness (QED) is 0.425. The Morgan fingerprint density at radius 3 is 2.46 bits per heavy atom. The summed E-state index contributed by atoms with van der Waals surface area (Å²) in [5.74, 6) is 0.793. The summed E-state index contributed by atoms with van der Waals surface area (Å²) in [5, 5.41) is 13.8. The first-order chi connectivity index (χ1) is 11.3. The summed E-state index contributed by atoms with van der Waals surface area (Å²) in [6.45, 7) is 6.12. The summed E-state index contributed by atoms with van der Waals surface area (Å²) < 4.78 is 5.04. The van der Waals surface area contributed by atoms with Crippen LogP contribution in [-0.2, 0) is 14.3 Å². The highest BCUT2D eigenvalue weighted by molar-refractivity contribution is 5.86. The summed E-state index contributed by atoms with van der Waals surface area (Å²) in [6, 6.07) is 0. The van der Waals surface area contributed by atoms with Crippen LogP contribution in [0.5, 0.6) is 0 Å². The lowest BCUT2D eigenvalue weighted by molar-refractivity contribution is -0.178. The number of ether oxygens (including phenoxy) is 1. The Balaban J connectivity index is 1.41. The number of hydrogen-bond acceptors (Lipinski definition) is 4. The van der Waals surface area contributed by atoms with Crippen molar-refractivity contribution in [3.8, 4) is 0 Å². The monoisotopic (exact) mass is 335 g/mol. The van der Waals surface area contributed by atoms with E-state index in [0.717, 1.165) is 38.5 Å². The van der Waals surface area contributed by atoms with Gasteiger partial charge in [0, 0.05) is 12.1 Å². The molecule has 0 heterocycles. The Bertz CT molecular complexity index is 527. The lowest BCUT2D eigenvalue weighted by Crippen LogP contribution is -2.60. The fraction of sp³-hybridized carbons (Fsp3) is 0.789. The van der Waals surface area contributed by atoms with Crippen LogP contribution in [0.3, 0.4) is 0 Å². The molecule has 4 rings (SSSR count). The topological polar surface area (TPSA) is 75.6 Å². The highest BCUT2D eigenvalue weighted by Gasteiger charge is 2.59. The van der Waals surface area contributed by atoms with Crippen molar-refractivity contribution < 1.29 is 19.4 Å². The summed E-state index contributed by atoms with van der Waals surface area (Å²) in [5.41, 5.74) is -0.535. The zero-order chi connectivity index (χ0) is 17.4. The molecule has 0 saturated heterocycles. The van der Waals surface area contributed by atoms with Gasteiger partial charge in [0.1, 0.15) is 0 Å². The van der Waals surface area contributed by atoms with Crippen molar-refractivity contribution in [1.29, 1.82) is 0 Å². The van der Waals surface area contributed by atoms with Gasteiger partial charge in [-0.15, -0.1) is 0 Å². The SMILES string of the molecule is C=C(C)C(=O)OCCCCNC(=O)C12CC3CC(CC(O)(C3)C1)C2. The molecule has 134 valence electrons. The van der Waals surface area contributed by atoms with E-state index in [9.17, 15) is 14.7 Å². The predicted octanol–water partition coefficient (Wildman–Crippen LogP) is 2.33. The number of nitrogens with one attached hydrogen (secondary N) is 1. The van der Waals surface area contributed by atoms with Crippen molar-refractivity contribution in [2.45, 2.75) is 63.9 Å². The number of aliphatic hydroxyl groups is 1. The summed E-state index contributed by atoms with van der Waals surface area (Å²) in [4.78, 5) is 24.0. The van der Waals surface area contributed by atoms with Gasteiger partial charge in [0.15, 0.2) is 0 Å². The van der Waals surface area contributed by atoms with Crippen molar-refractivity contribution in [1.82, 2.24) is 5.32 Å². The van der Waals surface area contributed by atoms with E-state index in [-0.39, 0.29) is 17.3 Å². The first kappa shape index (κ1) is 17.5. The minimum atomic E-state index is -0.599. The van der Waals surface area contributed by atoms with E-state index in [1.807, 2.05) is 0 Å². The molecule has 0 aliphatic heterocycles. The van der Waals surface area contributed by atoms with E-state index in [4.69, 9.17) is 4.74 Å². The first-order valence-electron chi connectivity index (χ1n) is 9.15. The van der Waals surface area contributed by atoms with Gasteiger partial charge >= 0.3 is 5.97 Å². The van der Waals surface area contributed by atoms with Gasteiger partial charge in [-0.25, -0.2) is 4.79 Å². The molecule has 4 saturated carbocycles. The number of carbonyl (C=O) groups is 2. The normalized spacial score (nSPS) is 36.4. The molecule has 0 aromatic carbocycles. The molecule has 0 spiro atoms. The Hall–Kier alpha value is -1.36. The standard InChI is InChI=1S/C19H29NO4/c1-13(2)16(21)24-6-4-3-5-20-17(22)18-8-14-7-15(9-18)11-19(23,10-14)12-18/h14-15,23H,1,3-12H2,2H3,(H,20,22). The molecule has 0 aromatic rings. The van der Waals surface area contributed by atoms with Crippen LogP contribution in [-0.4, -0.2) is 35.7 Å². The third-order valence-electron chi connectivity index (χ3n) is 5.95. The Morgan fingerprint density at radius 1 is 1.21 bits per heavy atom. The van der Waals surface area contributed by atoms with Crippen molar-refractivity contribution in [3.63, 3.8) is 0 Å². The van der Waals surface area contributed by atoms with Gasteiger partial charge in [-0.1, -0.05) is 6.58 Å². The molecule has 5 heteroatoms. The summed E-state index contributed by atoms with van der Waals surface area (Å²) in [7, 11) is 0. The molecule has 2 unspecified atom stereocenters. The molecule has 0 radical (unpaired) electrons. The molecule has 1 amide bonds. The lowest BCUT2D eigenvalue weighted by Gasteiger charge is -2.59. The summed E-state index contributed by atoms with van der Waals surface area (Å²) in [6.07, 6.45) is 6.96. The third-order valence-corrected chi connectivity index (χ3v) is 5.95. The molecular weight excluding hydrogens is 306 g/mol. The Labute approximate surface area is 143 Å². The van der Waals surface area contributed by atoms with Crippen molar-refractivity contribution in [2.75, 3.05) is 13.2 Å². The Morgan fingerprint density at radius 2 is 1.88 bits per heavy atom. The largest absolute Gasteiger partial charge is 0.462 e. The van der Waals surface area contributed by atoms with E-state index in [1.54, 1.807) is 6.92 Å². The second-order valence-corrected chi connectivity index (χ2v) is 8.34. The number of amides is 1. The molecule has 2 N–H and O–H groups in total. The van der Waals surface area contributed by atoms with Crippen LogP contribution in [0, 0.1) is 17.3 Å². The fourth-order valence-corrected chi connectivity index (χ4v) is 5.38. The van der Waals surface area contributed by atoms with Crippen LogP contribution >= 0.6 is 0 Å². The average molecular weight is 335 g/mol. The van der Waals surface area contributed by atoms with Gasteiger partial charge in [0.25, 0.3) is 0 Å². The van der Waals surface area contributed by atoms with Gasteiger partial charge in [0.2, 0.25) is 5.91 Å². The highest BCUT2D eigenvalue weighted by atomic mass is 16.5. The zero-order valence-electron chi connectivity index (χ0n) is 14.6. The molecule has 5 nitrogen and oxygen atoms in total. The van der Waals surface area contributed by atoms with Gasteiger partial charge in [-0.3, -0.25) is 4.79 Å². The lowest BCUT2D eigenvalue weighted by atomic mass is 9.47. The molecule has 4 aliphatic rings. The van der Waals surface area contributed by atoms with Crippen molar-refractivity contribution >= 4 is 11.9 Å². The number of esters is 1. The second-order valence-electron chi connectivity index (χ2n) is 8.34. The summed E-state index contributed by atoms with van der Waals surface area (Å²) >= 11 is 0. The van der Waals surface area contributed by atoms with Crippen LogP contribution in [0.15, 0.2) is 12.2 Å². The molecule has 4 aliphatic carbocycles. The molecule has 4 bridgehead atoms. The van der Waals surface area contributed by atoms with Crippen LogP contribution in [0.4, 0.5) is 0 Å². The van der Waals surface area contributed by atoms with Crippen LogP contribution < -0.4 is 5.32 Å². The van der Waals surface area contributed by atoms with Crippen LogP contribution in [0.25, 0.3) is 0 Å². The van der Waals surface area contributed by atoms with Gasteiger partial charge < -0.3 is 15.2 Å². The fourth-order valence-electron chi connectivity index (χ4n) is 5.38. The van der Waals surface area contributed by atoms with Gasteiger partial charge in [0.05, 0.1) is 17.6 Å². The second kappa shape index (κ2) is 6.51. The van der Waals surface area contributed by atoms with Crippen molar-refractivity contribution in [2.24, 2.45) is 17.3 Å². The number of carbonyl (C=O) groups excluding carboxylic acids is 2. The molecular formula is C19H29NO4. The molecule has 24 heavy (non-hydrogen) atoms. The number of hydrogen-bond donors (Lipinski definition) is 2. The maximum Gasteiger partial charge on any atom is 0.333 e. The maximum absolute atomic E-state index is 12.7. The molecule has 4 fully saturated rings. The average Bonchev–Trinajstić information content (AvgIpc) is 2.47. The Kier molecular flexibility index (Phi) is 4.73. The van der Waals surface area contributed by atoms with Gasteiger partial charge in [-0.2, -0.15) is 0 Å². The minimum Gasteiger partial charge on any atom is -0.462 e. The van der Waals surface area contributed by atoms with E-state index < -0.39 is 5.60 Å². The number of rotatable bonds is 7. The predicted molar refractivity (Wildman–Crippen MR) is 90.1 cm³/mol.